The van der Waals surface area contributed by atoms with Gasteiger partial charge in [0.15, 0.2) is 0 Å². The highest BCUT2D eigenvalue weighted by Crippen LogP contribution is 2.14. The van der Waals surface area contributed by atoms with Crippen molar-refractivity contribution in [3.63, 3.8) is 0 Å². The van der Waals surface area contributed by atoms with E-state index in [1.165, 1.54) is 13.8 Å². The van der Waals surface area contributed by atoms with E-state index < -0.39 is 156 Å². The predicted octanol–water partition coefficient (Wildman–Crippen LogP) is -5.97. The summed E-state index contributed by atoms with van der Waals surface area (Å²) in [6.45, 7) is 12.3. The van der Waals surface area contributed by atoms with Crippen molar-refractivity contribution in [2.75, 3.05) is 45.8 Å². The van der Waals surface area contributed by atoms with E-state index in [2.05, 4.69) is 72.3 Å². The van der Waals surface area contributed by atoms with Crippen LogP contribution in [0.3, 0.4) is 0 Å². The molecule has 0 aromatic rings. The largest absolute Gasteiger partial charge is 0.391 e. The third kappa shape index (κ3) is 27.0. The summed E-state index contributed by atoms with van der Waals surface area (Å²) in [5, 5.41) is 49.6. The second-order valence-electron chi connectivity index (χ2n) is 21.8. The van der Waals surface area contributed by atoms with Gasteiger partial charge < -0.3 is 97.4 Å². The highest BCUT2D eigenvalue weighted by atomic mass is 16.3. The summed E-state index contributed by atoms with van der Waals surface area (Å²) in [6.07, 6.45) is -1.74. The molecule has 0 saturated carbocycles. The van der Waals surface area contributed by atoms with Crippen LogP contribution in [-0.4, -0.2) is 188 Å². The van der Waals surface area contributed by atoms with Gasteiger partial charge in [-0.1, -0.05) is 54.4 Å². The van der Waals surface area contributed by atoms with Gasteiger partial charge in [0.1, 0.15) is 54.4 Å². The maximum atomic E-state index is 14.4. The minimum Gasteiger partial charge on any atom is -0.391 e. The Balaban J connectivity index is 3.80. The first-order valence-corrected chi connectivity index (χ1v) is 28.3. The zero-order valence-corrected chi connectivity index (χ0v) is 48.7. The number of nitrogens with one attached hydrogen (secondary N) is 11. The molecule has 0 spiro atoms. The molecule has 1 rings (SSSR count). The first-order valence-electron chi connectivity index (χ1n) is 28.3. The van der Waals surface area contributed by atoms with E-state index in [0.29, 0.717) is 12.3 Å². The zero-order chi connectivity index (χ0) is 61.5. The first-order chi connectivity index (χ1) is 38.1. The van der Waals surface area contributed by atoms with Gasteiger partial charge in [0.2, 0.25) is 65.0 Å². The number of aliphatic hydroxyl groups is 2. The highest BCUT2D eigenvalue weighted by molar-refractivity contribution is 5.98. The molecule has 0 unspecified atom stereocenters. The molecule has 1 fully saturated rings. The number of aliphatic hydroxyl groups excluding tert-OH is 2. The lowest BCUT2D eigenvalue weighted by atomic mass is 9.93. The van der Waals surface area contributed by atoms with Crippen molar-refractivity contribution < 1.29 is 63.0 Å². The number of unbranched alkanes of at least 4 members (excludes halogenated alkanes) is 1. The van der Waals surface area contributed by atoms with E-state index in [-0.39, 0.29) is 90.1 Å². The van der Waals surface area contributed by atoms with Gasteiger partial charge in [0.05, 0.1) is 18.1 Å². The summed E-state index contributed by atoms with van der Waals surface area (Å²) in [4.78, 5) is 152. The third-order valence-electron chi connectivity index (χ3n) is 13.4. The molecule has 29 heteroatoms. The lowest BCUT2D eigenvalue weighted by Gasteiger charge is -2.29. The van der Waals surface area contributed by atoms with Crippen molar-refractivity contribution in [2.45, 2.75) is 193 Å². The molecule has 0 radical (unpaired) electrons. The number of amides is 11. The minimum atomic E-state index is -1.69. The molecule has 12 atom stereocenters. The smallest absolute Gasteiger partial charge is 0.245 e. The average molecular weight is 1160 g/mol. The molecular formula is C52H98N16O13. The van der Waals surface area contributed by atoms with Gasteiger partial charge in [0, 0.05) is 19.5 Å². The molecule has 1 saturated heterocycles. The number of carbonyl (C=O) groups excluding carboxylic acids is 11. The summed E-state index contributed by atoms with van der Waals surface area (Å²) in [5.74, 6) is -10.3. The van der Waals surface area contributed by atoms with Crippen LogP contribution in [0.1, 0.15) is 126 Å². The van der Waals surface area contributed by atoms with Crippen LogP contribution in [0.5, 0.6) is 0 Å². The monoisotopic (exact) mass is 1150 g/mol. The van der Waals surface area contributed by atoms with Gasteiger partial charge in [0.25, 0.3) is 0 Å². The Morgan fingerprint density at radius 1 is 0.531 bits per heavy atom. The molecule has 1 aliphatic rings. The van der Waals surface area contributed by atoms with Crippen molar-refractivity contribution in [2.24, 2.45) is 52.3 Å². The topological polar surface area (TPSA) is 491 Å². The van der Waals surface area contributed by atoms with Gasteiger partial charge in [-0.2, -0.15) is 0 Å². The highest BCUT2D eigenvalue weighted by Gasteiger charge is 2.37. The normalized spacial score (nSPS) is 23.4. The molecular weight excluding hydrogens is 1060 g/mol. The maximum absolute atomic E-state index is 14.4. The lowest BCUT2D eigenvalue weighted by molar-refractivity contribution is -0.137. The van der Waals surface area contributed by atoms with E-state index >= 15 is 0 Å². The Bertz CT molecular complexity index is 2050. The van der Waals surface area contributed by atoms with E-state index in [4.69, 9.17) is 28.7 Å². The summed E-state index contributed by atoms with van der Waals surface area (Å²) >= 11 is 0. The molecule has 29 nitrogen and oxygen atoms in total. The molecule has 11 amide bonds. The van der Waals surface area contributed by atoms with Crippen LogP contribution in [0.2, 0.25) is 0 Å². The number of carbonyl (C=O) groups is 11. The lowest BCUT2D eigenvalue weighted by Crippen LogP contribution is -2.62. The quantitative estimate of drug-likeness (QED) is 0.0341. The number of hydrogen-bond donors (Lipinski definition) is 18. The van der Waals surface area contributed by atoms with E-state index in [0.717, 1.165) is 12.8 Å². The molecule has 0 aromatic carbocycles. The Labute approximate surface area is 475 Å². The van der Waals surface area contributed by atoms with Gasteiger partial charge in [-0.25, -0.2) is 0 Å². The molecule has 0 aliphatic carbocycles. The SMILES string of the molecule is CC(C)CCCCC(=O)N[C@H](CCN)C(=O)N[C@H](C(=O)N[C@H](CCN)C(=O)N[C@@H]1CCNC(=O)[C@H]([C@@H](C)O)NC(=O)[C@H](CCN)NC(=O)[C@H](CCN)NC(=O)[C@H](C(C)C)CNC(=O)[C@@H](CC(C)C)NC(=O)[C@H](CCN)NC1=O)[C@@H](C)O. The van der Waals surface area contributed by atoms with Gasteiger partial charge >= 0.3 is 0 Å². The fourth-order valence-corrected chi connectivity index (χ4v) is 8.62. The number of nitrogens with two attached hydrogens (primary N) is 5. The fraction of sp³-hybridized carbons (Fsp3) is 0.788. The zero-order valence-electron chi connectivity index (χ0n) is 48.7. The maximum Gasteiger partial charge on any atom is 0.245 e. The van der Waals surface area contributed by atoms with Crippen LogP contribution < -0.4 is 87.2 Å². The Morgan fingerprint density at radius 2 is 1.04 bits per heavy atom. The first kappa shape index (κ1) is 72.9. The van der Waals surface area contributed by atoms with Crippen molar-refractivity contribution in [3.8, 4) is 0 Å². The molecule has 1 heterocycles. The number of rotatable bonds is 27. The average Bonchev–Trinajstić information content (AvgIpc) is 3.38. The van der Waals surface area contributed by atoms with Crippen LogP contribution in [0.25, 0.3) is 0 Å². The van der Waals surface area contributed by atoms with E-state index in [1.807, 2.05) is 0 Å². The fourth-order valence-electron chi connectivity index (χ4n) is 8.62. The van der Waals surface area contributed by atoms with Crippen molar-refractivity contribution in [3.05, 3.63) is 0 Å². The standard InChI is InChI=1S/C52H98N16O13/c1-27(2)11-9-10-12-40(71)60-33(13-19-53)49(78)68-42(31(8)70)52(81)65-36(16-22-56)46(75)64-38-18-24-58-51(80)41(30(7)69)67-50(79)37(17-23-57)63-45(74)34(14-20-54)61-43(72)32(29(5)6)26-59-44(73)39(25-28(3)4)66-47(76)35(15-21-55)62-48(38)77/h27-39,41-42,69-70H,9-26,53-57H2,1-8H3,(H,58,80)(H,59,73)(H,60,71)(H,61,72)(H,62,77)(H,63,74)(H,64,75)(H,65,81)(H,66,76)(H,67,79)(H,68,78)/t30-,31-,32+,33-,34+,35+,36-,37+,38-,39-,41+,42+/m1/s1. The third-order valence-corrected chi connectivity index (χ3v) is 13.4. The second kappa shape index (κ2) is 38.6. The Kier molecular flexibility index (Phi) is 34.7. The Morgan fingerprint density at radius 3 is 1.52 bits per heavy atom. The summed E-state index contributed by atoms with van der Waals surface area (Å²) in [6, 6.07) is -13.0. The molecule has 0 aromatic heterocycles. The van der Waals surface area contributed by atoms with E-state index in [1.54, 1.807) is 27.7 Å². The second-order valence-corrected chi connectivity index (χ2v) is 21.8. The summed E-state index contributed by atoms with van der Waals surface area (Å²) in [7, 11) is 0. The molecule has 1 aliphatic heterocycles. The van der Waals surface area contributed by atoms with Crippen LogP contribution >= 0.6 is 0 Å². The predicted molar refractivity (Wildman–Crippen MR) is 301 cm³/mol. The van der Waals surface area contributed by atoms with Crippen LogP contribution in [-0.2, 0) is 52.7 Å². The Hall–Kier alpha value is -6.11. The van der Waals surface area contributed by atoms with Crippen LogP contribution in [0.15, 0.2) is 0 Å². The summed E-state index contributed by atoms with van der Waals surface area (Å²) in [5.41, 5.74) is 29.2. The van der Waals surface area contributed by atoms with Gasteiger partial charge in [-0.05, 0) is 116 Å². The molecule has 0 bridgehead atoms. The van der Waals surface area contributed by atoms with Crippen molar-refractivity contribution in [1.29, 1.82) is 0 Å². The molecule has 23 N–H and O–H groups in total. The van der Waals surface area contributed by atoms with Crippen molar-refractivity contribution in [1.82, 2.24) is 58.5 Å². The van der Waals surface area contributed by atoms with Crippen LogP contribution in [0.4, 0.5) is 0 Å². The number of hydrogen-bond acceptors (Lipinski definition) is 18. The minimum absolute atomic E-state index is 0.0128. The molecule has 464 valence electrons. The van der Waals surface area contributed by atoms with Crippen LogP contribution in [0, 0.1) is 23.7 Å². The van der Waals surface area contributed by atoms with Gasteiger partial charge in [-0.15, -0.1) is 0 Å². The van der Waals surface area contributed by atoms with Crippen molar-refractivity contribution >= 4 is 65.0 Å². The summed E-state index contributed by atoms with van der Waals surface area (Å²) < 4.78 is 0. The molecule has 81 heavy (non-hydrogen) atoms. The van der Waals surface area contributed by atoms with E-state index in [9.17, 15) is 63.0 Å². The van der Waals surface area contributed by atoms with Gasteiger partial charge in [-0.3, -0.25) is 52.7 Å².